The fourth-order valence-electron chi connectivity index (χ4n) is 3.44. The summed E-state index contributed by atoms with van der Waals surface area (Å²) in [5, 5.41) is 9.18. The zero-order chi connectivity index (χ0) is 17.5. The molecule has 0 aromatic carbocycles. The summed E-state index contributed by atoms with van der Waals surface area (Å²) in [5.41, 5.74) is 0. The minimum absolute atomic E-state index is 0.0748. The SMILES string of the molecule is CCO[C@@H]1OC(C(=O)N2CCOCC2)=C[C@H](C(C)C)[C@H]1CCCO. The van der Waals surface area contributed by atoms with E-state index in [2.05, 4.69) is 13.8 Å². The molecule has 2 rings (SSSR count). The van der Waals surface area contributed by atoms with E-state index < -0.39 is 6.29 Å². The quantitative estimate of drug-likeness (QED) is 0.764. The number of carbonyl (C=O) groups is 1. The van der Waals surface area contributed by atoms with E-state index in [9.17, 15) is 9.90 Å². The van der Waals surface area contributed by atoms with E-state index in [1.54, 1.807) is 4.90 Å². The van der Waals surface area contributed by atoms with Crippen molar-refractivity contribution in [1.82, 2.24) is 4.90 Å². The lowest BCUT2D eigenvalue weighted by Crippen LogP contribution is -2.45. The average Bonchev–Trinajstić information content (AvgIpc) is 2.60. The van der Waals surface area contributed by atoms with Crippen molar-refractivity contribution < 1.29 is 24.1 Å². The van der Waals surface area contributed by atoms with Crippen molar-refractivity contribution in [3.8, 4) is 0 Å². The number of rotatable bonds is 7. The van der Waals surface area contributed by atoms with Gasteiger partial charge in [0, 0.05) is 32.2 Å². The molecule has 138 valence electrons. The summed E-state index contributed by atoms with van der Waals surface area (Å²) in [6, 6.07) is 0. The molecule has 0 aromatic heterocycles. The highest BCUT2D eigenvalue weighted by molar-refractivity contribution is 5.91. The van der Waals surface area contributed by atoms with Gasteiger partial charge in [0.05, 0.1) is 13.2 Å². The third-order valence-electron chi connectivity index (χ3n) is 4.74. The molecule has 1 fully saturated rings. The van der Waals surface area contributed by atoms with E-state index in [0.29, 0.717) is 51.0 Å². The Balaban J connectivity index is 2.19. The maximum absolute atomic E-state index is 12.8. The van der Waals surface area contributed by atoms with Crippen LogP contribution in [0.3, 0.4) is 0 Å². The normalized spacial score (nSPS) is 27.8. The van der Waals surface area contributed by atoms with Crippen molar-refractivity contribution in [2.24, 2.45) is 17.8 Å². The Kier molecular flexibility index (Phi) is 7.52. The average molecular weight is 341 g/mol. The highest BCUT2D eigenvalue weighted by atomic mass is 16.7. The third-order valence-corrected chi connectivity index (χ3v) is 4.74. The highest BCUT2D eigenvalue weighted by Crippen LogP contribution is 2.37. The lowest BCUT2D eigenvalue weighted by molar-refractivity contribution is -0.179. The molecule has 1 amide bonds. The van der Waals surface area contributed by atoms with Gasteiger partial charge < -0.3 is 24.2 Å². The maximum atomic E-state index is 12.8. The van der Waals surface area contributed by atoms with Gasteiger partial charge in [-0.2, -0.15) is 0 Å². The number of allylic oxidation sites excluding steroid dienone is 1. The fourth-order valence-corrected chi connectivity index (χ4v) is 3.44. The van der Waals surface area contributed by atoms with Crippen LogP contribution in [0.25, 0.3) is 0 Å². The molecular formula is C18H31NO5. The van der Waals surface area contributed by atoms with E-state index in [-0.39, 0.29) is 24.3 Å². The van der Waals surface area contributed by atoms with Crippen LogP contribution in [0.4, 0.5) is 0 Å². The van der Waals surface area contributed by atoms with E-state index in [1.807, 2.05) is 13.0 Å². The lowest BCUT2D eigenvalue weighted by atomic mass is 9.78. The molecule has 1 N–H and O–H groups in total. The first kappa shape index (κ1) is 19.2. The topological polar surface area (TPSA) is 68.2 Å². The van der Waals surface area contributed by atoms with Crippen LogP contribution < -0.4 is 0 Å². The molecule has 0 aliphatic carbocycles. The summed E-state index contributed by atoms with van der Waals surface area (Å²) >= 11 is 0. The summed E-state index contributed by atoms with van der Waals surface area (Å²) < 4.78 is 17.1. The Morgan fingerprint density at radius 2 is 2.12 bits per heavy atom. The molecule has 2 aliphatic heterocycles. The smallest absolute Gasteiger partial charge is 0.288 e. The molecule has 6 nitrogen and oxygen atoms in total. The van der Waals surface area contributed by atoms with Crippen molar-refractivity contribution in [2.75, 3.05) is 39.5 Å². The van der Waals surface area contributed by atoms with Gasteiger partial charge in [-0.3, -0.25) is 4.79 Å². The van der Waals surface area contributed by atoms with Crippen LogP contribution in [0, 0.1) is 17.8 Å². The molecule has 1 saturated heterocycles. The van der Waals surface area contributed by atoms with E-state index in [0.717, 1.165) is 6.42 Å². The molecule has 0 aromatic rings. The van der Waals surface area contributed by atoms with Gasteiger partial charge in [-0.05, 0) is 37.7 Å². The van der Waals surface area contributed by atoms with Crippen LogP contribution in [0.15, 0.2) is 11.8 Å². The summed E-state index contributed by atoms with van der Waals surface area (Å²) in [4.78, 5) is 14.6. The van der Waals surface area contributed by atoms with Gasteiger partial charge in [0.1, 0.15) is 0 Å². The third kappa shape index (κ3) is 4.71. The summed E-state index contributed by atoms with van der Waals surface area (Å²) in [6.07, 6.45) is 3.07. The second kappa shape index (κ2) is 9.39. The van der Waals surface area contributed by atoms with Crippen LogP contribution in [-0.2, 0) is 19.0 Å². The zero-order valence-electron chi connectivity index (χ0n) is 15.1. The second-order valence-electron chi connectivity index (χ2n) is 6.73. The van der Waals surface area contributed by atoms with Crippen LogP contribution >= 0.6 is 0 Å². The number of carbonyl (C=O) groups excluding carboxylic acids is 1. The van der Waals surface area contributed by atoms with Crippen molar-refractivity contribution in [2.45, 2.75) is 39.9 Å². The number of nitrogens with zero attached hydrogens (tertiary/aromatic N) is 1. The molecule has 0 bridgehead atoms. The second-order valence-corrected chi connectivity index (χ2v) is 6.73. The molecule has 2 heterocycles. The van der Waals surface area contributed by atoms with E-state index >= 15 is 0 Å². The number of morpholine rings is 1. The lowest BCUT2D eigenvalue weighted by Gasteiger charge is -2.39. The Bertz CT molecular complexity index is 431. The van der Waals surface area contributed by atoms with Gasteiger partial charge in [-0.15, -0.1) is 0 Å². The van der Waals surface area contributed by atoms with Crippen molar-refractivity contribution in [3.05, 3.63) is 11.8 Å². The molecule has 0 unspecified atom stereocenters. The molecule has 0 radical (unpaired) electrons. The first-order valence-electron chi connectivity index (χ1n) is 9.06. The Morgan fingerprint density at radius 3 is 2.71 bits per heavy atom. The van der Waals surface area contributed by atoms with E-state index in [4.69, 9.17) is 14.2 Å². The molecule has 24 heavy (non-hydrogen) atoms. The standard InChI is InChI=1S/C18H31NO5/c1-4-23-18-14(6-5-9-20)15(13(2)3)12-16(24-18)17(21)19-7-10-22-11-8-19/h12-15,18,20H,4-11H2,1-3H3/t14-,15-,18-/m1/s1. The van der Waals surface area contributed by atoms with Gasteiger partial charge in [-0.1, -0.05) is 13.8 Å². The summed E-state index contributed by atoms with van der Waals surface area (Å²) in [6.45, 7) is 9.25. The number of aliphatic hydroxyl groups excluding tert-OH is 1. The van der Waals surface area contributed by atoms with Gasteiger partial charge in [0.25, 0.3) is 5.91 Å². The maximum Gasteiger partial charge on any atom is 0.288 e. The van der Waals surface area contributed by atoms with Crippen LogP contribution in [0.2, 0.25) is 0 Å². The van der Waals surface area contributed by atoms with Crippen LogP contribution in [0.1, 0.15) is 33.6 Å². The molecule has 6 heteroatoms. The predicted octanol–water partition coefficient (Wildman–Crippen LogP) is 1.78. The molecule has 0 saturated carbocycles. The summed E-state index contributed by atoms with van der Waals surface area (Å²) in [7, 11) is 0. The largest absolute Gasteiger partial charge is 0.459 e. The number of amides is 1. The van der Waals surface area contributed by atoms with Gasteiger partial charge in [0.15, 0.2) is 5.76 Å². The molecular weight excluding hydrogens is 310 g/mol. The monoisotopic (exact) mass is 341 g/mol. The molecule has 2 aliphatic rings. The number of hydrogen-bond donors (Lipinski definition) is 1. The van der Waals surface area contributed by atoms with Crippen molar-refractivity contribution in [1.29, 1.82) is 0 Å². The first-order chi connectivity index (χ1) is 11.6. The van der Waals surface area contributed by atoms with Crippen LogP contribution in [0.5, 0.6) is 0 Å². The minimum Gasteiger partial charge on any atom is -0.459 e. The Morgan fingerprint density at radius 1 is 1.42 bits per heavy atom. The number of aliphatic hydroxyl groups is 1. The van der Waals surface area contributed by atoms with Crippen molar-refractivity contribution >= 4 is 5.91 Å². The molecule has 3 atom stereocenters. The van der Waals surface area contributed by atoms with Crippen molar-refractivity contribution in [3.63, 3.8) is 0 Å². The highest BCUT2D eigenvalue weighted by Gasteiger charge is 2.39. The minimum atomic E-state index is -0.432. The van der Waals surface area contributed by atoms with E-state index in [1.165, 1.54) is 0 Å². The number of hydrogen-bond acceptors (Lipinski definition) is 5. The van der Waals surface area contributed by atoms with Crippen LogP contribution in [-0.4, -0.2) is 61.7 Å². The van der Waals surface area contributed by atoms with Gasteiger partial charge in [0.2, 0.25) is 6.29 Å². The zero-order valence-corrected chi connectivity index (χ0v) is 15.1. The fraction of sp³-hybridized carbons (Fsp3) is 0.833. The Hall–Kier alpha value is -1.11. The van der Waals surface area contributed by atoms with Gasteiger partial charge in [-0.25, -0.2) is 0 Å². The Labute approximate surface area is 144 Å². The number of ether oxygens (including phenoxy) is 3. The first-order valence-corrected chi connectivity index (χ1v) is 9.06. The van der Waals surface area contributed by atoms with Gasteiger partial charge >= 0.3 is 0 Å². The summed E-state index contributed by atoms with van der Waals surface area (Å²) in [5.74, 6) is 1.04. The predicted molar refractivity (Wildman–Crippen MR) is 90.1 cm³/mol. The molecule has 0 spiro atoms.